The van der Waals surface area contributed by atoms with E-state index in [1.54, 1.807) is 30.3 Å². The lowest BCUT2D eigenvalue weighted by molar-refractivity contribution is -0.384. The summed E-state index contributed by atoms with van der Waals surface area (Å²) in [6.07, 6.45) is 2.83. The number of nitro groups is 1. The van der Waals surface area contributed by atoms with E-state index in [2.05, 4.69) is 15.9 Å². The highest BCUT2D eigenvalue weighted by molar-refractivity contribution is 9.10. The first-order valence-electron chi connectivity index (χ1n) is 6.94. The number of nitrogens with two attached hydrogens (primary N) is 1. The molecule has 0 unspecified atom stereocenters. The highest BCUT2D eigenvalue weighted by Crippen LogP contribution is 2.35. The van der Waals surface area contributed by atoms with Crippen molar-refractivity contribution >= 4 is 45.2 Å². The summed E-state index contributed by atoms with van der Waals surface area (Å²) >= 11 is 9.58. The van der Waals surface area contributed by atoms with Gasteiger partial charge in [0, 0.05) is 18.2 Å². The average Bonchev–Trinajstić information content (AvgIpc) is 2.59. The highest BCUT2D eigenvalue weighted by atomic mass is 79.9. The van der Waals surface area contributed by atoms with Gasteiger partial charge in [-0.25, -0.2) is 5.84 Å². The quantitative estimate of drug-likeness (QED) is 0.241. The lowest BCUT2D eigenvalue weighted by Gasteiger charge is -2.11. The van der Waals surface area contributed by atoms with Gasteiger partial charge >= 0.3 is 0 Å². The zero-order valence-electron chi connectivity index (χ0n) is 12.7. The minimum absolute atomic E-state index is 0.0145. The molecule has 25 heavy (non-hydrogen) atoms. The topological polar surface area (TPSA) is 107 Å². The Morgan fingerprint density at radius 3 is 2.60 bits per heavy atom. The molecule has 9 heteroatoms. The second kappa shape index (κ2) is 8.61. The van der Waals surface area contributed by atoms with Crippen LogP contribution in [0.4, 0.5) is 5.69 Å². The van der Waals surface area contributed by atoms with Crippen molar-refractivity contribution in [1.82, 2.24) is 5.43 Å². The van der Waals surface area contributed by atoms with E-state index >= 15 is 0 Å². The van der Waals surface area contributed by atoms with Gasteiger partial charge in [0.15, 0.2) is 5.75 Å². The molecule has 0 aliphatic carbocycles. The van der Waals surface area contributed by atoms with Gasteiger partial charge < -0.3 is 4.74 Å². The first kappa shape index (κ1) is 18.9. The molecule has 2 aromatic rings. The standard InChI is InChI=1S/C16H13BrClN3O4/c17-13-7-11(3-6-15(22)20-19)8-14(18)16(13)25-9-10-1-4-12(5-2-10)21(23)24/h1-8H,9,19H2,(H,20,22)/b6-3+. The fourth-order valence-corrected chi connectivity index (χ4v) is 2.89. The molecule has 0 aliphatic heterocycles. The first-order chi connectivity index (χ1) is 11.9. The molecule has 130 valence electrons. The predicted molar refractivity (Wildman–Crippen MR) is 97.9 cm³/mol. The Balaban J connectivity index is 2.10. The van der Waals surface area contributed by atoms with Gasteiger partial charge in [0.05, 0.1) is 14.4 Å². The number of hydrazine groups is 1. The van der Waals surface area contributed by atoms with Gasteiger partial charge in [-0.3, -0.25) is 20.3 Å². The molecule has 0 aromatic heterocycles. The number of hydrogen-bond acceptors (Lipinski definition) is 5. The summed E-state index contributed by atoms with van der Waals surface area (Å²) in [7, 11) is 0. The van der Waals surface area contributed by atoms with Crippen LogP contribution in [-0.2, 0) is 11.4 Å². The number of hydrogen-bond donors (Lipinski definition) is 2. The van der Waals surface area contributed by atoms with Crippen LogP contribution in [-0.4, -0.2) is 10.8 Å². The van der Waals surface area contributed by atoms with Crippen molar-refractivity contribution in [2.75, 3.05) is 0 Å². The number of ether oxygens (including phenoxy) is 1. The number of halogens is 2. The van der Waals surface area contributed by atoms with Crippen molar-refractivity contribution in [2.24, 2.45) is 5.84 Å². The maximum absolute atomic E-state index is 11.1. The van der Waals surface area contributed by atoms with Crippen LogP contribution in [0.5, 0.6) is 5.75 Å². The van der Waals surface area contributed by atoms with Crippen LogP contribution in [0, 0.1) is 10.1 Å². The Bertz CT molecular complexity index is 802. The van der Waals surface area contributed by atoms with Crippen molar-refractivity contribution < 1.29 is 14.5 Å². The summed E-state index contributed by atoms with van der Waals surface area (Å²) in [6, 6.07) is 9.41. The van der Waals surface area contributed by atoms with Gasteiger partial charge in [-0.05, 0) is 57.4 Å². The maximum atomic E-state index is 11.1. The van der Waals surface area contributed by atoms with Gasteiger partial charge in [0.1, 0.15) is 6.61 Å². The fourth-order valence-electron chi connectivity index (χ4n) is 1.90. The molecule has 0 fully saturated rings. The van der Waals surface area contributed by atoms with Crippen molar-refractivity contribution in [2.45, 2.75) is 6.61 Å². The minimum Gasteiger partial charge on any atom is -0.486 e. The molecule has 7 nitrogen and oxygen atoms in total. The number of nitro benzene ring substituents is 1. The van der Waals surface area contributed by atoms with Gasteiger partial charge in [-0.15, -0.1) is 0 Å². The van der Waals surface area contributed by atoms with Crippen LogP contribution < -0.4 is 16.0 Å². The Kier molecular flexibility index (Phi) is 6.51. The third kappa shape index (κ3) is 5.28. The largest absolute Gasteiger partial charge is 0.486 e. The van der Waals surface area contributed by atoms with Crippen molar-refractivity contribution in [3.8, 4) is 5.75 Å². The summed E-state index contributed by atoms with van der Waals surface area (Å²) < 4.78 is 6.29. The van der Waals surface area contributed by atoms with E-state index < -0.39 is 10.8 Å². The minimum atomic E-state index is -0.463. The number of amides is 1. The maximum Gasteiger partial charge on any atom is 0.269 e. The molecule has 3 N–H and O–H groups in total. The summed E-state index contributed by atoms with van der Waals surface area (Å²) in [5.74, 6) is 4.99. The first-order valence-corrected chi connectivity index (χ1v) is 8.11. The predicted octanol–water partition coefficient (Wildman–Crippen LogP) is 3.59. The third-order valence-corrected chi connectivity index (χ3v) is 3.99. The van der Waals surface area contributed by atoms with E-state index in [1.807, 2.05) is 5.43 Å². The number of carbonyl (C=O) groups is 1. The van der Waals surface area contributed by atoms with Gasteiger partial charge in [0.25, 0.3) is 11.6 Å². The number of non-ortho nitro benzene ring substituents is 1. The van der Waals surface area contributed by atoms with Crippen LogP contribution in [0.2, 0.25) is 5.02 Å². The van der Waals surface area contributed by atoms with Crippen LogP contribution in [0.25, 0.3) is 6.08 Å². The summed E-state index contributed by atoms with van der Waals surface area (Å²) in [5.41, 5.74) is 3.45. The van der Waals surface area contributed by atoms with Gasteiger partial charge in [0.2, 0.25) is 0 Å². The van der Waals surface area contributed by atoms with E-state index in [4.69, 9.17) is 22.2 Å². The van der Waals surface area contributed by atoms with Crippen LogP contribution in [0.15, 0.2) is 46.9 Å². The Labute approximate surface area is 156 Å². The molecule has 0 atom stereocenters. The van der Waals surface area contributed by atoms with Gasteiger partial charge in [-0.1, -0.05) is 11.6 Å². The number of benzene rings is 2. The summed E-state index contributed by atoms with van der Waals surface area (Å²) in [4.78, 5) is 21.3. The molecule has 0 aliphatic rings. The van der Waals surface area contributed by atoms with E-state index in [9.17, 15) is 14.9 Å². The second-order valence-corrected chi connectivity index (χ2v) is 6.13. The number of rotatable bonds is 6. The number of nitrogens with zero attached hydrogens (tertiary/aromatic N) is 1. The summed E-state index contributed by atoms with van der Waals surface area (Å²) in [5, 5.41) is 11.0. The molecule has 0 spiro atoms. The van der Waals surface area contributed by atoms with Crippen LogP contribution >= 0.6 is 27.5 Å². The van der Waals surface area contributed by atoms with Crippen molar-refractivity contribution in [3.63, 3.8) is 0 Å². The smallest absolute Gasteiger partial charge is 0.269 e. The molecule has 0 bridgehead atoms. The lowest BCUT2D eigenvalue weighted by atomic mass is 10.2. The van der Waals surface area contributed by atoms with Crippen LogP contribution in [0.1, 0.15) is 11.1 Å². The average molecular weight is 427 g/mol. The molecule has 0 heterocycles. The fraction of sp³-hybridized carbons (Fsp3) is 0.0625. The Morgan fingerprint density at radius 1 is 1.36 bits per heavy atom. The Morgan fingerprint density at radius 2 is 2.04 bits per heavy atom. The Hall–Kier alpha value is -2.42. The summed E-state index contributed by atoms with van der Waals surface area (Å²) in [6.45, 7) is 0.196. The molecule has 0 radical (unpaired) electrons. The highest BCUT2D eigenvalue weighted by Gasteiger charge is 2.10. The normalized spacial score (nSPS) is 10.7. The molecule has 0 saturated heterocycles. The second-order valence-electron chi connectivity index (χ2n) is 4.87. The van der Waals surface area contributed by atoms with E-state index in [0.717, 1.165) is 5.56 Å². The third-order valence-electron chi connectivity index (χ3n) is 3.12. The molecule has 2 aromatic carbocycles. The van der Waals surface area contributed by atoms with Crippen molar-refractivity contribution in [3.05, 3.63) is 73.2 Å². The lowest BCUT2D eigenvalue weighted by Crippen LogP contribution is -2.27. The van der Waals surface area contributed by atoms with E-state index in [1.165, 1.54) is 18.2 Å². The molecule has 0 saturated carbocycles. The van der Waals surface area contributed by atoms with E-state index in [0.29, 0.717) is 20.8 Å². The molecular weight excluding hydrogens is 414 g/mol. The molecule has 2 rings (SSSR count). The zero-order chi connectivity index (χ0) is 18.4. The zero-order valence-corrected chi connectivity index (χ0v) is 15.1. The monoisotopic (exact) mass is 425 g/mol. The van der Waals surface area contributed by atoms with Crippen molar-refractivity contribution in [1.29, 1.82) is 0 Å². The molecular formula is C16H13BrClN3O4. The van der Waals surface area contributed by atoms with Gasteiger partial charge in [-0.2, -0.15) is 0 Å². The van der Waals surface area contributed by atoms with E-state index in [-0.39, 0.29) is 12.3 Å². The van der Waals surface area contributed by atoms with Crippen LogP contribution in [0.3, 0.4) is 0 Å². The SMILES string of the molecule is NNC(=O)/C=C/c1cc(Cl)c(OCc2ccc([N+](=O)[O-])cc2)c(Br)c1. The number of carbonyl (C=O) groups excluding carboxylic acids is 1. The number of nitrogens with one attached hydrogen (secondary N) is 1. The molecule has 1 amide bonds.